The van der Waals surface area contributed by atoms with E-state index >= 15 is 0 Å². The summed E-state index contributed by atoms with van der Waals surface area (Å²) in [5.41, 5.74) is 0. The van der Waals surface area contributed by atoms with E-state index in [0.29, 0.717) is 18.6 Å². The van der Waals surface area contributed by atoms with Crippen LogP contribution in [0.2, 0.25) is 0 Å². The summed E-state index contributed by atoms with van der Waals surface area (Å²) >= 11 is 0.611. The quantitative estimate of drug-likeness (QED) is 0.600. The third-order valence-corrected chi connectivity index (χ3v) is 0. The summed E-state index contributed by atoms with van der Waals surface area (Å²) in [7, 11) is 0. The fourth-order valence-corrected chi connectivity index (χ4v) is 0. The molecule has 0 N–H and O–H groups in total. The zero-order valence-electron chi connectivity index (χ0n) is 2.80. The van der Waals surface area contributed by atoms with Gasteiger partial charge < -0.3 is 0 Å². The van der Waals surface area contributed by atoms with Crippen molar-refractivity contribution in [1.82, 2.24) is 0 Å². The Hall–Kier alpha value is 0.0864. The summed E-state index contributed by atoms with van der Waals surface area (Å²) in [4.78, 5) is 0. The first-order valence-corrected chi connectivity index (χ1v) is 1.18. The van der Waals surface area contributed by atoms with Crippen molar-refractivity contribution in [1.29, 1.82) is 0 Å². The molecule has 0 aromatic carbocycles. The topological polar surface area (TPSA) is 17.1 Å². The Balaban J connectivity index is -0.000000000500. The Kier molecular flexibility index (Phi) is 671000. The zero-order chi connectivity index (χ0) is 2.00. The Bertz CT molecular complexity index is 8.04. The molecule has 0 atom stereocenters. The second-order valence-electron chi connectivity index (χ2n) is 0. The maximum absolute atomic E-state index is 8.28. The average Bonchev–Trinajstić information content (AvgIpc) is 1.00. The van der Waals surface area contributed by atoms with Gasteiger partial charge >= 0.3 is 22.1 Å². The predicted molar refractivity (Wildman–Crippen MR) is 13.2 cm³/mol. The summed E-state index contributed by atoms with van der Waals surface area (Å²) in [5, 5.41) is 0. The first kappa shape index (κ1) is 222. The predicted octanol–water partition coefficient (Wildman–Crippen LogP) is 0.641. The van der Waals surface area contributed by atoms with Crippen molar-refractivity contribution in [2.45, 2.75) is 0 Å². The minimum atomic E-state index is 0. The van der Waals surface area contributed by atoms with Crippen molar-refractivity contribution in [3.05, 3.63) is 0 Å². The van der Waals surface area contributed by atoms with E-state index in [2.05, 4.69) is 0 Å². The van der Waals surface area contributed by atoms with E-state index in [1.54, 1.807) is 0 Å². The molecular formula is H5F5OOs. The van der Waals surface area contributed by atoms with Crippen LogP contribution in [-0.2, 0) is 22.1 Å². The normalized spacial score (nSPS) is 0.714. The van der Waals surface area contributed by atoms with E-state index in [9.17, 15) is 0 Å². The summed E-state index contributed by atoms with van der Waals surface area (Å²) in [6.07, 6.45) is 0. The van der Waals surface area contributed by atoms with Crippen molar-refractivity contribution in [3.8, 4) is 0 Å². The first-order valence-electron chi connectivity index (χ1n) is 0.144. The Morgan fingerprint density at radius 1 is 0.571 bits per heavy atom. The molecule has 0 bridgehead atoms. The fourth-order valence-electron chi connectivity index (χ4n) is 0. The van der Waals surface area contributed by atoms with Gasteiger partial charge in [-0.05, 0) is 0 Å². The van der Waals surface area contributed by atoms with Gasteiger partial charge in [0.05, 0.1) is 0 Å². The molecule has 0 rings (SSSR count). The fraction of sp³-hybridized carbons (Fsp3) is 0. The van der Waals surface area contributed by atoms with E-state index < -0.39 is 0 Å². The van der Waals surface area contributed by atoms with Gasteiger partial charge in [-0.15, -0.1) is 0 Å². The van der Waals surface area contributed by atoms with Gasteiger partial charge in [0.1, 0.15) is 0 Å². The van der Waals surface area contributed by atoms with Crippen molar-refractivity contribution in [2.24, 2.45) is 0 Å². The molecule has 0 aliphatic rings. The standard InChI is InChI=1S/5FH.O.Os/h5*1H;;. The van der Waals surface area contributed by atoms with Gasteiger partial charge in [-0.1, -0.05) is 0 Å². The molecule has 0 fully saturated rings. The third-order valence-electron chi connectivity index (χ3n) is 0. The maximum atomic E-state index is 8.28. The van der Waals surface area contributed by atoms with Gasteiger partial charge in [-0.3, -0.25) is 23.5 Å². The van der Waals surface area contributed by atoms with Crippen LogP contribution in [0, 0.1) is 0 Å². The molecule has 7 heteroatoms. The molecule has 0 aliphatic heterocycles. The number of rotatable bonds is 0. The van der Waals surface area contributed by atoms with Crippen LogP contribution >= 0.6 is 0 Å². The number of hydrogen-bond donors (Lipinski definition) is 0. The van der Waals surface area contributed by atoms with Gasteiger partial charge in [0.2, 0.25) is 0 Å². The summed E-state index contributed by atoms with van der Waals surface area (Å²) < 4.78 is 8.28. The SMILES string of the molecule is F.F.F.F.F.[O]=[Os]. The molecule has 0 aliphatic carbocycles. The van der Waals surface area contributed by atoms with Gasteiger partial charge in [-0.25, -0.2) is 0 Å². The molecule has 0 saturated heterocycles. The van der Waals surface area contributed by atoms with Crippen LogP contribution in [0.4, 0.5) is 23.5 Å². The monoisotopic (exact) mass is 308 g/mol. The third kappa shape index (κ3) is 13600. The summed E-state index contributed by atoms with van der Waals surface area (Å²) in [6, 6.07) is 0. The van der Waals surface area contributed by atoms with Gasteiger partial charge in [0, 0.05) is 0 Å². The molecule has 0 aromatic rings. The zero-order valence-corrected chi connectivity index (χ0v) is 5.34. The van der Waals surface area contributed by atoms with Crippen LogP contribution in [0.15, 0.2) is 0 Å². The molecule has 0 spiro atoms. The minimum absolute atomic E-state index is 0. The van der Waals surface area contributed by atoms with Crippen LogP contribution in [0.1, 0.15) is 0 Å². The molecule has 7 heavy (non-hydrogen) atoms. The average molecular weight is 306 g/mol. The number of halogens is 5. The molecule has 0 unspecified atom stereocenters. The van der Waals surface area contributed by atoms with E-state index in [0.717, 1.165) is 0 Å². The molecule has 0 amide bonds. The molecule has 0 saturated carbocycles. The van der Waals surface area contributed by atoms with Crippen molar-refractivity contribution >= 4 is 0 Å². The summed E-state index contributed by atoms with van der Waals surface area (Å²) in [6.45, 7) is 0. The van der Waals surface area contributed by atoms with E-state index in [4.69, 9.17) is 3.54 Å². The van der Waals surface area contributed by atoms with Crippen molar-refractivity contribution in [2.75, 3.05) is 0 Å². The Morgan fingerprint density at radius 2 is 0.571 bits per heavy atom. The molecule has 0 heterocycles. The second kappa shape index (κ2) is 21100. The van der Waals surface area contributed by atoms with Crippen LogP contribution in [0.25, 0.3) is 0 Å². The van der Waals surface area contributed by atoms with Gasteiger partial charge in [0.15, 0.2) is 0 Å². The summed E-state index contributed by atoms with van der Waals surface area (Å²) in [5.74, 6) is 0. The Morgan fingerprint density at radius 3 is 0.571 bits per heavy atom. The van der Waals surface area contributed by atoms with E-state index in [1.165, 1.54) is 0 Å². The molecule has 0 radical (unpaired) electrons. The van der Waals surface area contributed by atoms with Crippen LogP contribution < -0.4 is 0 Å². The second-order valence-corrected chi connectivity index (χ2v) is 0. The molecular weight excluding hydrogens is 301 g/mol. The first-order chi connectivity index (χ1) is 1.00. The van der Waals surface area contributed by atoms with Gasteiger partial charge in [-0.2, -0.15) is 0 Å². The van der Waals surface area contributed by atoms with Crippen LogP contribution in [0.5, 0.6) is 0 Å². The van der Waals surface area contributed by atoms with Gasteiger partial charge in [0.25, 0.3) is 0 Å². The van der Waals surface area contributed by atoms with Crippen molar-refractivity contribution < 1.29 is 45.6 Å². The van der Waals surface area contributed by atoms with Crippen molar-refractivity contribution in [3.63, 3.8) is 0 Å². The van der Waals surface area contributed by atoms with E-state index in [1.807, 2.05) is 0 Å². The van der Waals surface area contributed by atoms with E-state index in [-0.39, 0.29) is 23.5 Å². The molecule has 0 aromatic heterocycles. The van der Waals surface area contributed by atoms with Crippen LogP contribution in [-0.4, -0.2) is 0 Å². The molecule has 1 nitrogen and oxygen atoms in total. The Labute approximate surface area is 46.5 Å². The van der Waals surface area contributed by atoms with Crippen LogP contribution in [0.3, 0.4) is 0 Å². The number of hydrogen-bond acceptors (Lipinski definition) is 1. The molecule has 54 valence electrons.